The molecule has 0 aromatic heterocycles. The van der Waals surface area contributed by atoms with E-state index in [0.717, 1.165) is 10.0 Å². The van der Waals surface area contributed by atoms with Crippen LogP contribution in [-0.4, -0.2) is 14.2 Å². The fourth-order valence-corrected chi connectivity index (χ4v) is 1.55. The van der Waals surface area contributed by atoms with Crippen molar-refractivity contribution >= 4 is 15.9 Å². The first kappa shape index (κ1) is 10.9. The van der Waals surface area contributed by atoms with Gasteiger partial charge in [-0.25, -0.2) is 6.57 Å². The van der Waals surface area contributed by atoms with Crippen molar-refractivity contribution in [2.75, 3.05) is 14.2 Å². The van der Waals surface area contributed by atoms with Crippen LogP contribution in [0.5, 0.6) is 11.5 Å². The van der Waals surface area contributed by atoms with Crippen LogP contribution in [-0.2, 0) is 6.54 Å². The van der Waals surface area contributed by atoms with E-state index in [0.29, 0.717) is 18.0 Å². The number of ether oxygens (including phenoxy) is 2. The summed E-state index contributed by atoms with van der Waals surface area (Å²) in [5, 5.41) is 0. The van der Waals surface area contributed by atoms with Gasteiger partial charge in [0.15, 0.2) is 11.5 Å². The molecule has 4 heteroatoms. The molecule has 3 nitrogen and oxygen atoms in total. The van der Waals surface area contributed by atoms with Gasteiger partial charge < -0.3 is 14.3 Å². The number of nitrogens with zero attached hydrogens (tertiary/aromatic N) is 1. The van der Waals surface area contributed by atoms with Crippen LogP contribution in [0.2, 0.25) is 0 Å². The van der Waals surface area contributed by atoms with Gasteiger partial charge in [-0.3, -0.25) is 0 Å². The van der Waals surface area contributed by atoms with E-state index >= 15 is 0 Å². The van der Waals surface area contributed by atoms with Gasteiger partial charge in [-0.05, 0) is 12.1 Å². The van der Waals surface area contributed by atoms with Gasteiger partial charge in [0.1, 0.15) is 0 Å². The van der Waals surface area contributed by atoms with Gasteiger partial charge in [-0.15, -0.1) is 0 Å². The Hall–Kier alpha value is -1.21. The maximum Gasteiger partial charge on any atom is 0.241 e. The highest BCUT2D eigenvalue weighted by atomic mass is 79.9. The molecule has 1 aromatic rings. The van der Waals surface area contributed by atoms with Crippen molar-refractivity contribution in [3.05, 3.63) is 33.6 Å². The minimum Gasteiger partial charge on any atom is -0.493 e. The number of halogens is 1. The molecule has 14 heavy (non-hydrogen) atoms. The summed E-state index contributed by atoms with van der Waals surface area (Å²) in [5.41, 5.74) is 0.901. The Morgan fingerprint density at radius 1 is 1.29 bits per heavy atom. The molecule has 0 aliphatic carbocycles. The first-order valence-corrected chi connectivity index (χ1v) is 4.75. The van der Waals surface area contributed by atoms with E-state index in [9.17, 15) is 0 Å². The average Bonchev–Trinajstić information content (AvgIpc) is 2.20. The van der Waals surface area contributed by atoms with E-state index in [4.69, 9.17) is 16.0 Å². The molecule has 0 radical (unpaired) electrons. The molecule has 0 aliphatic heterocycles. The standard InChI is InChI=1S/C10H10BrNO2/c1-12-6-7-4-9(13-2)10(14-3)5-8(7)11/h4-5H,6H2,2-3H3. The largest absolute Gasteiger partial charge is 0.493 e. The summed E-state index contributed by atoms with van der Waals surface area (Å²) in [5.74, 6) is 1.31. The van der Waals surface area contributed by atoms with Gasteiger partial charge in [0.25, 0.3) is 0 Å². The second kappa shape index (κ2) is 4.87. The Labute approximate surface area is 91.6 Å². The normalized spacial score (nSPS) is 9.29. The molecule has 0 saturated carbocycles. The molecule has 0 atom stereocenters. The Kier molecular flexibility index (Phi) is 3.78. The SMILES string of the molecule is [C-]#[N+]Cc1cc(OC)c(OC)cc1Br. The molecule has 0 unspecified atom stereocenters. The molecule has 0 spiro atoms. The van der Waals surface area contributed by atoms with Crippen LogP contribution in [0.1, 0.15) is 5.56 Å². The minimum absolute atomic E-state index is 0.334. The second-order valence-corrected chi connectivity index (χ2v) is 3.47. The number of hydrogen-bond donors (Lipinski definition) is 0. The summed E-state index contributed by atoms with van der Waals surface area (Å²) >= 11 is 3.37. The zero-order valence-corrected chi connectivity index (χ0v) is 9.59. The van der Waals surface area contributed by atoms with Crippen LogP contribution in [0.4, 0.5) is 0 Å². The molecule has 0 bridgehead atoms. The Bertz CT molecular complexity index is 371. The molecule has 1 rings (SSSR count). The van der Waals surface area contributed by atoms with Crippen LogP contribution in [0.3, 0.4) is 0 Å². The van der Waals surface area contributed by atoms with Crippen molar-refractivity contribution in [2.45, 2.75) is 6.54 Å². The number of hydrogen-bond acceptors (Lipinski definition) is 2. The zero-order chi connectivity index (χ0) is 10.6. The van der Waals surface area contributed by atoms with Gasteiger partial charge in [0.2, 0.25) is 6.54 Å². The first-order chi connectivity index (χ1) is 6.72. The van der Waals surface area contributed by atoms with Crippen molar-refractivity contribution < 1.29 is 9.47 Å². The minimum atomic E-state index is 0.334. The van der Waals surface area contributed by atoms with E-state index in [-0.39, 0.29) is 0 Å². The number of benzene rings is 1. The van der Waals surface area contributed by atoms with Crippen LogP contribution in [0.15, 0.2) is 16.6 Å². The van der Waals surface area contributed by atoms with Gasteiger partial charge >= 0.3 is 0 Å². The molecule has 0 saturated heterocycles. The van der Waals surface area contributed by atoms with Crippen LogP contribution < -0.4 is 9.47 Å². The van der Waals surface area contributed by atoms with Crippen molar-refractivity contribution in [1.82, 2.24) is 0 Å². The third-order valence-electron chi connectivity index (χ3n) is 1.80. The molecule has 74 valence electrons. The van der Waals surface area contributed by atoms with Crippen molar-refractivity contribution in [2.24, 2.45) is 0 Å². The van der Waals surface area contributed by atoms with Crippen molar-refractivity contribution in [3.8, 4) is 11.5 Å². The fourth-order valence-electron chi connectivity index (χ4n) is 1.10. The third kappa shape index (κ3) is 2.18. The maximum atomic E-state index is 6.79. The lowest BCUT2D eigenvalue weighted by Gasteiger charge is -2.09. The Morgan fingerprint density at radius 3 is 2.36 bits per heavy atom. The summed E-state index contributed by atoms with van der Waals surface area (Å²) in [6, 6.07) is 3.61. The summed E-state index contributed by atoms with van der Waals surface area (Å²) in [7, 11) is 3.16. The summed E-state index contributed by atoms with van der Waals surface area (Å²) in [4.78, 5) is 3.32. The molecule has 0 fully saturated rings. The van der Waals surface area contributed by atoms with Gasteiger partial charge in [-0.2, -0.15) is 0 Å². The Morgan fingerprint density at radius 2 is 1.86 bits per heavy atom. The van der Waals surface area contributed by atoms with E-state index in [1.54, 1.807) is 26.4 Å². The average molecular weight is 256 g/mol. The van der Waals surface area contributed by atoms with E-state index in [1.165, 1.54) is 0 Å². The summed E-state index contributed by atoms with van der Waals surface area (Å²) in [6.07, 6.45) is 0. The highest BCUT2D eigenvalue weighted by molar-refractivity contribution is 9.10. The summed E-state index contributed by atoms with van der Waals surface area (Å²) < 4.78 is 11.1. The molecule has 0 amide bonds. The lowest BCUT2D eigenvalue weighted by Crippen LogP contribution is -1.93. The van der Waals surface area contributed by atoms with Crippen LogP contribution in [0.25, 0.3) is 4.85 Å². The van der Waals surface area contributed by atoms with Crippen molar-refractivity contribution in [3.63, 3.8) is 0 Å². The lowest BCUT2D eigenvalue weighted by molar-refractivity contribution is 0.354. The van der Waals surface area contributed by atoms with Crippen LogP contribution >= 0.6 is 15.9 Å². The summed E-state index contributed by atoms with van der Waals surface area (Å²) in [6.45, 7) is 7.13. The maximum absolute atomic E-state index is 6.79. The highest BCUT2D eigenvalue weighted by Crippen LogP contribution is 2.33. The second-order valence-electron chi connectivity index (χ2n) is 2.61. The molecular formula is C10H10BrNO2. The van der Waals surface area contributed by atoms with E-state index in [1.807, 2.05) is 0 Å². The van der Waals surface area contributed by atoms with Gasteiger partial charge in [-0.1, -0.05) is 15.9 Å². The van der Waals surface area contributed by atoms with E-state index < -0.39 is 0 Å². The number of methoxy groups -OCH3 is 2. The van der Waals surface area contributed by atoms with Gasteiger partial charge in [0.05, 0.1) is 14.2 Å². The highest BCUT2D eigenvalue weighted by Gasteiger charge is 2.10. The lowest BCUT2D eigenvalue weighted by atomic mass is 10.2. The van der Waals surface area contributed by atoms with E-state index in [2.05, 4.69) is 20.8 Å². The van der Waals surface area contributed by atoms with Gasteiger partial charge in [0, 0.05) is 10.0 Å². The molecule has 0 aliphatic rings. The Balaban J connectivity index is 3.17. The quantitative estimate of drug-likeness (QED) is 0.776. The smallest absolute Gasteiger partial charge is 0.241 e. The predicted molar refractivity (Wildman–Crippen MR) is 57.6 cm³/mol. The topological polar surface area (TPSA) is 22.8 Å². The van der Waals surface area contributed by atoms with Crippen molar-refractivity contribution in [1.29, 1.82) is 0 Å². The first-order valence-electron chi connectivity index (χ1n) is 3.96. The zero-order valence-electron chi connectivity index (χ0n) is 8.00. The molecule has 0 heterocycles. The molecular weight excluding hydrogens is 246 g/mol. The molecule has 0 N–H and O–H groups in total. The molecule has 1 aromatic carbocycles. The van der Waals surface area contributed by atoms with Crippen LogP contribution in [0, 0.1) is 6.57 Å². The third-order valence-corrected chi connectivity index (χ3v) is 2.54. The fraction of sp³-hybridized carbons (Fsp3) is 0.300. The monoisotopic (exact) mass is 255 g/mol. The predicted octanol–water partition coefficient (Wildman–Crippen LogP) is 2.89. The number of rotatable bonds is 3.